The van der Waals surface area contributed by atoms with Crippen LogP contribution in [0.2, 0.25) is 0 Å². The number of rotatable bonds is 14. The van der Waals surface area contributed by atoms with Crippen LogP contribution < -0.4 is 5.32 Å². The number of carbonyl (C=O) groups is 5. The average Bonchev–Trinajstić information content (AvgIpc) is 3.04. The molecule has 1 rings (SSSR count). The molecule has 1 aliphatic rings. The van der Waals surface area contributed by atoms with Crippen molar-refractivity contribution in [2.75, 3.05) is 13.6 Å². The van der Waals surface area contributed by atoms with E-state index in [4.69, 9.17) is 0 Å². The number of amides is 4. The summed E-state index contributed by atoms with van der Waals surface area (Å²) in [5, 5.41) is 2.89. The highest BCUT2D eigenvalue weighted by atomic mass is 16.2. The molecule has 0 aliphatic carbocycles. The van der Waals surface area contributed by atoms with Gasteiger partial charge in [-0.15, -0.1) is 0 Å². The number of hydrogen-bond donors (Lipinski definition) is 1. The minimum absolute atomic E-state index is 0.0143. The quantitative estimate of drug-likeness (QED) is 0.295. The first-order chi connectivity index (χ1) is 16.2. The van der Waals surface area contributed by atoms with E-state index in [1.54, 1.807) is 7.05 Å². The number of ketones is 1. The van der Waals surface area contributed by atoms with E-state index in [2.05, 4.69) is 5.32 Å². The van der Waals surface area contributed by atoms with Crippen molar-refractivity contribution in [3.8, 4) is 0 Å². The van der Waals surface area contributed by atoms with E-state index >= 15 is 0 Å². The van der Waals surface area contributed by atoms with Gasteiger partial charge in [-0.3, -0.25) is 28.9 Å². The number of likely N-dealkylation sites (N-methyl/N-ethyl adjacent to an activating group) is 1. The smallest absolute Gasteiger partial charge is 0.243 e. The lowest BCUT2D eigenvalue weighted by Crippen LogP contribution is -2.55. The predicted octanol–water partition coefficient (Wildman–Crippen LogP) is 3.43. The topological polar surface area (TPSA) is 104 Å². The molecule has 8 heteroatoms. The molecule has 1 saturated heterocycles. The number of Topliss-reactive ketones (excluding diaryl/α,β-unsaturated/α-hetero) is 1. The highest BCUT2D eigenvalue weighted by molar-refractivity contribution is 6.03. The van der Waals surface area contributed by atoms with Gasteiger partial charge in [0.05, 0.1) is 6.04 Å². The van der Waals surface area contributed by atoms with Crippen LogP contribution in [0.4, 0.5) is 0 Å². The SMILES string of the molecule is CC(C)C(=O)[C@@H](NC(=O)[C@H](C(C)C)N(C)C(=O)CCCCCN1C(=O)CC(C(C)C)C1=O)C(C)C. The Labute approximate surface area is 211 Å². The lowest BCUT2D eigenvalue weighted by Gasteiger charge is -2.33. The van der Waals surface area contributed by atoms with E-state index in [1.807, 2.05) is 55.4 Å². The van der Waals surface area contributed by atoms with E-state index in [1.165, 1.54) is 9.80 Å². The molecule has 200 valence electrons. The van der Waals surface area contributed by atoms with E-state index < -0.39 is 12.1 Å². The zero-order chi connectivity index (χ0) is 27.0. The Morgan fingerprint density at radius 3 is 2.00 bits per heavy atom. The summed E-state index contributed by atoms with van der Waals surface area (Å²) >= 11 is 0. The fraction of sp³-hybridized carbons (Fsp3) is 0.815. The molecular weight excluding hydrogens is 446 g/mol. The Bertz CT molecular complexity index is 775. The molecule has 1 heterocycles. The standard InChI is InChI=1S/C27H47N3O5/c1-16(2)20-15-22(32)30(27(20)35)14-12-10-11-13-21(31)29(9)24(18(5)6)26(34)28-23(17(3)4)25(33)19(7)8/h16-20,23-24H,10-15H2,1-9H3,(H,28,34)/t20?,23-,24-/m0/s1. The van der Waals surface area contributed by atoms with Crippen molar-refractivity contribution in [3.05, 3.63) is 0 Å². The van der Waals surface area contributed by atoms with Gasteiger partial charge in [0.25, 0.3) is 0 Å². The molecule has 0 saturated carbocycles. The van der Waals surface area contributed by atoms with Crippen molar-refractivity contribution in [2.45, 2.75) is 99.6 Å². The van der Waals surface area contributed by atoms with Crippen LogP contribution in [-0.2, 0) is 24.0 Å². The molecule has 4 amide bonds. The van der Waals surface area contributed by atoms with Gasteiger partial charge in [-0.1, -0.05) is 61.8 Å². The van der Waals surface area contributed by atoms with Crippen molar-refractivity contribution in [2.24, 2.45) is 29.6 Å². The van der Waals surface area contributed by atoms with Gasteiger partial charge in [-0.2, -0.15) is 0 Å². The van der Waals surface area contributed by atoms with Gasteiger partial charge < -0.3 is 10.2 Å². The molecule has 8 nitrogen and oxygen atoms in total. The van der Waals surface area contributed by atoms with Crippen LogP contribution in [0.15, 0.2) is 0 Å². The number of imide groups is 1. The van der Waals surface area contributed by atoms with E-state index in [0.29, 0.717) is 32.2 Å². The third-order valence-corrected chi connectivity index (χ3v) is 6.91. The Hall–Kier alpha value is -2.25. The summed E-state index contributed by atoms with van der Waals surface area (Å²) in [6.45, 7) is 15.5. The number of carbonyl (C=O) groups excluding carboxylic acids is 5. The van der Waals surface area contributed by atoms with Crippen LogP contribution in [0.5, 0.6) is 0 Å². The van der Waals surface area contributed by atoms with Gasteiger partial charge in [-0.05, 0) is 30.6 Å². The van der Waals surface area contributed by atoms with Crippen LogP contribution in [0.3, 0.4) is 0 Å². The Morgan fingerprint density at radius 1 is 0.943 bits per heavy atom. The van der Waals surface area contributed by atoms with Crippen molar-refractivity contribution in [1.82, 2.24) is 15.1 Å². The number of likely N-dealkylation sites (tertiary alicyclic amines) is 1. The number of nitrogens with zero attached hydrogens (tertiary/aromatic N) is 2. The molecule has 1 N–H and O–H groups in total. The fourth-order valence-corrected chi connectivity index (χ4v) is 4.61. The van der Waals surface area contributed by atoms with E-state index in [9.17, 15) is 24.0 Å². The van der Waals surface area contributed by atoms with Gasteiger partial charge >= 0.3 is 0 Å². The largest absolute Gasteiger partial charge is 0.344 e. The number of unbranched alkanes of at least 4 members (excludes halogenated alkanes) is 2. The van der Waals surface area contributed by atoms with Gasteiger partial charge in [0.2, 0.25) is 23.6 Å². The van der Waals surface area contributed by atoms with Gasteiger partial charge in [0.1, 0.15) is 6.04 Å². The molecule has 0 spiro atoms. The van der Waals surface area contributed by atoms with Crippen LogP contribution in [0.1, 0.15) is 87.5 Å². The molecule has 1 fully saturated rings. The molecule has 0 bridgehead atoms. The first kappa shape index (κ1) is 30.8. The second kappa shape index (κ2) is 13.7. The predicted molar refractivity (Wildman–Crippen MR) is 136 cm³/mol. The first-order valence-corrected chi connectivity index (χ1v) is 13.1. The molecule has 0 aromatic carbocycles. The molecule has 0 aromatic rings. The van der Waals surface area contributed by atoms with Crippen LogP contribution in [-0.4, -0.2) is 64.9 Å². The lowest BCUT2D eigenvalue weighted by atomic mass is 9.92. The van der Waals surface area contributed by atoms with Gasteiger partial charge in [0, 0.05) is 38.3 Å². The summed E-state index contributed by atoms with van der Waals surface area (Å²) in [5.41, 5.74) is 0. The third kappa shape index (κ3) is 8.43. The third-order valence-electron chi connectivity index (χ3n) is 6.91. The van der Waals surface area contributed by atoms with Crippen molar-refractivity contribution < 1.29 is 24.0 Å². The number of nitrogens with one attached hydrogen (secondary N) is 1. The summed E-state index contributed by atoms with van der Waals surface area (Å²) in [4.78, 5) is 65.9. The van der Waals surface area contributed by atoms with Crippen LogP contribution in [0, 0.1) is 29.6 Å². The van der Waals surface area contributed by atoms with Crippen LogP contribution in [0.25, 0.3) is 0 Å². The van der Waals surface area contributed by atoms with Crippen molar-refractivity contribution >= 4 is 29.4 Å². The highest BCUT2D eigenvalue weighted by Gasteiger charge is 2.39. The second-order valence-electron chi connectivity index (χ2n) is 11.2. The minimum Gasteiger partial charge on any atom is -0.344 e. The van der Waals surface area contributed by atoms with Crippen molar-refractivity contribution in [3.63, 3.8) is 0 Å². The van der Waals surface area contributed by atoms with Crippen molar-refractivity contribution in [1.29, 1.82) is 0 Å². The number of hydrogen-bond acceptors (Lipinski definition) is 5. The maximum Gasteiger partial charge on any atom is 0.243 e. The Balaban J connectivity index is 2.61. The van der Waals surface area contributed by atoms with E-state index in [-0.39, 0.29) is 65.4 Å². The van der Waals surface area contributed by atoms with Gasteiger partial charge in [0.15, 0.2) is 5.78 Å². The summed E-state index contributed by atoms with van der Waals surface area (Å²) in [6.07, 6.45) is 2.54. The molecule has 1 aliphatic heterocycles. The maximum absolute atomic E-state index is 13.1. The zero-order valence-corrected chi connectivity index (χ0v) is 23.2. The monoisotopic (exact) mass is 493 g/mol. The Kier molecular flexibility index (Phi) is 12.1. The zero-order valence-electron chi connectivity index (χ0n) is 23.2. The van der Waals surface area contributed by atoms with E-state index in [0.717, 1.165) is 0 Å². The second-order valence-corrected chi connectivity index (χ2v) is 11.2. The Morgan fingerprint density at radius 2 is 1.54 bits per heavy atom. The molecular formula is C27H47N3O5. The summed E-state index contributed by atoms with van der Waals surface area (Å²) < 4.78 is 0. The summed E-state index contributed by atoms with van der Waals surface area (Å²) in [7, 11) is 1.63. The molecule has 35 heavy (non-hydrogen) atoms. The fourth-order valence-electron chi connectivity index (χ4n) is 4.61. The molecule has 0 radical (unpaired) electrons. The molecule has 0 aromatic heterocycles. The normalized spacial score (nSPS) is 18.1. The average molecular weight is 494 g/mol. The first-order valence-electron chi connectivity index (χ1n) is 13.1. The summed E-state index contributed by atoms with van der Waals surface area (Å²) in [5.74, 6) is -1.08. The lowest BCUT2D eigenvalue weighted by molar-refractivity contribution is -0.142. The molecule has 1 unspecified atom stereocenters. The molecule has 3 atom stereocenters. The summed E-state index contributed by atoms with van der Waals surface area (Å²) in [6, 6.07) is -1.25. The minimum atomic E-state index is -0.670. The van der Waals surface area contributed by atoms with Gasteiger partial charge in [-0.25, -0.2) is 0 Å². The van der Waals surface area contributed by atoms with Crippen LogP contribution >= 0.6 is 0 Å². The highest BCUT2D eigenvalue weighted by Crippen LogP contribution is 2.26. The maximum atomic E-state index is 13.1.